The molecule has 0 atom stereocenters. The standard InChI is InChI=1S/C20H24N2O3.C2HF3O2/c1-3-4-10-19(23)21-16-11-12-18(17(13-16)20(24)25)22(2)14-15-8-6-5-7-9-15;3-2(4,5)1(6)7/h5-9,11-13H,3-4,10,14H2,1-2H3,(H,21,23)(H,24,25);(H,6,7). The third-order valence-corrected chi connectivity index (χ3v) is 4.18. The van der Waals surface area contributed by atoms with Gasteiger partial charge in [-0.05, 0) is 30.2 Å². The molecule has 0 saturated heterocycles. The summed E-state index contributed by atoms with van der Waals surface area (Å²) in [4.78, 5) is 34.3. The van der Waals surface area contributed by atoms with Gasteiger partial charge < -0.3 is 20.4 Å². The fourth-order valence-electron chi connectivity index (χ4n) is 2.62. The Morgan fingerprint density at radius 3 is 2.12 bits per heavy atom. The van der Waals surface area contributed by atoms with Gasteiger partial charge in [0.2, 0.25) is 5.91 Å². The minimum absolute atomic E-state index is 0.0939. The summed E-state index contributed by atoms with van der Waals surface area (Å²) in [5, 5.41) is 19.4. The number of unbranched alkanes of at least 4 members (excludes halogenated alkanes) is 1. The maximum Gasteiger partial charge on any atom is 0.490 e. The third kappa shape index (κ3) is 9.07. The zero-order valence-electron chi connectivity index (χ0n) is 17.6. The third-order valence-electron chi connectivity index (χ3n) is 4.18. The molecule has 1 amide bonds. The van der Waals surface area contributed by atoms with Crippen molar-refractivity contribution in [2.45, 2.75) is 38.9 Å². The number of alkyl halides is 3. The van der Waals surface area contributed by atoms with Crippen LogP contribution in [0.4, 0.5) is 24.5 Å². The second-order valence-electron chi connectivity index (χ2n) is 6.83. The van der Waals surface area contributed by atoms with E-state index < -0.39 is 18.1 Å². The van der Waals surface area contributed by atoms with E-state index in [1.165, 1.54) is 6.07 Å². The molecular weight excluding hydrogens is 429 g/mol. The first kappa shape index (κ1) is 26.5. The van der Waals surface area contributed by atoms with E-state index in [4.69, 9.17) is 9.90 Å². The first-order valence-corrected chi connectivity index (χ1v) is 9.68. The Bertz CT molecular complexity index is 918. The lowest BCUT2D eigenvalue weighted by molar-refractivity contribution is -0.192. The van der Waals surface area contributed by atoms with Gasteiger partial charge in [-0.3, -0.25) is 4.79 Å². The summed E-state index contributed by atoms with van der Waals surface area (Å²) in [5.41, 5.74) is 2.39. The number of carbonyl (C=O) groups excluding carboxylic acids is 1. The van der Waals surface area contributed by atoms with E-state index in [0.29, 0.717) is 24.3 Å². The molecule has 0 saturated carbocycles. The number of hydrogen-bond donors (Lipinski definition) is 3. The van der Waals surface area contributed by atoms with Gasteiger partial charge in [-0.1, -0.05) is 43.7 Å². The van der Waals surface area contributed by atoms with E-state index in [2.05, 4.69) is 5.32 Å². The molecule has 0 aromatic heterocycles. The molecule has 0 bridgehead atoms. The molecule has 0 radical (unpaired) electrons. The van der Waals surface area contributed by atoms with Gasteiger partial charge in [0.25, 0.3) is 0 Å². The Kier molecular flexibility index (Phi) is 10.2. The molecule has 3 N–H and O–H groups in total. The first-order valence-electron chi connectivity index (χ1n) is 9.68. The highest BCUT2D eigenvalue weighted by Gasteiger charge is 2.38. The van der Waals surface area contributed by atoms with Gasteiger partial charge in [0.1, 0.15) is 0 Å². The van der Waals surface area contributed by atoms with Crippen molar-refractivity contribution in [1.29, 1.82) is 0 Å². The number of aliphatic carboxylic acids is 1. The normalized spacial score (nSPS) is 10.5. The number of anilines is 2. The molecule has 0 aliphatic carbocycles. The summed E-state index contributed by atoms with van der Waals surface area (Å²) in [6.45, 7) is 2.62. The van der Waals surface area contributed by atoms with Crippen molar-refractivity contribution in [2.24, 2.45) is 0 Å². The topological polar surface area (TPSA) is 107 Å². The molecule has 10 heteroatoms. The molecule has 174 valence electrons. The molecular formula is C22H25F3N2O5. The number of carboxylic acids is 2. The van der Waals surface area contributed by atoms with Crippen LogP contribution in [0.5, 0.6) is 0 Å². The highest BCUT2D eigenvalue weighted by molar-refractivity contribution is 5.98. The van der Waals surface area contributed by atoms with E-state index >= 15 is 0 Å². The van der Waals surface area contributed by atoms with Crippen LogP contribution >= 0.6 is 0 Å². The number of hydrogen-bond acceptors (Lipinski definition) is 4. The van der Waals surface area contributed by atoms with E-state index in [1.807, 2.05) is 49.2 Å². The summed E-state index contributed by atoms with van der Waals surface area (Å²) < 4.78 is 31.7. The fraction of sp³-hybridized carbons (Fsp3) is 0.318. The minimum Gasteiger partial charge on any atom is -0.478 e. The Morgan fingerprint density at radius 2 is 1.62 bits per heavy atom. The van der Waals surface area contributed by atoms with Gasteiger partial charge in [0, 0.05) is 25.7 Å². The average Bonchev–Trinajstić information content (AvgIpc) is 2.72. The van der Waals surface area contributed by atoms with E-state index in [0.717, 1.165) is 18.4 Å². The molecule has 0 fully saturated rings. The molecule has 0 unspecified atom stereocenters. The van der Waals surface area contributed by atoms with Crippen molar-refractivity contribution >= 4 is 29.2 Å². The van der Waals surface area contributed by atoms with Crippen LogP contribution in [0.25, 0.3) is 0 Å². The van der Waals surface area contributed by atoms with E-state index in [-0.39, 0.29) is 11.5 Å². The molecule has 0 aliphatic rings. The van der Waals surface area contributed by atoms with Gasteiger partial charge in [-0.25, -0.2) is 9.59 Å². The highest BCUT2D eigenvalue weighted by atomic mass is 19.4. The number of halogens is 3. The average molecular weight is 454 g/mol. The van der Waals surface area contributed by atoms with Gasteiger partial charge in [-0.2, -0.15) is 13.2 Å². The molecule has 0 aliphatic heterocycles. The number of rotatable bonds is 8. The van der Waals surface area contributed by atoms with Crippen LogP contribution in [-0.2, 0) is 16.1 Å². The van der Waals surface area contributed by atoms with E-state index in [1.54, 1.807) is 12.1 Å². The smallest absolute Gasteiger partial charge is 0.478 e. The monoisotopic (exact) mass is 454 g/mol. The van der Waals surface area contributed by atoms with Crippen LogP contribution in [0.2, 0.25) is 0 Å². The summed E-state index contributed by atoms with van der Waals surface area (Å²) in [5.74, 6) is -3.87. The predicted octanol–water partition coefficient (Wildman–Crippen LogP) is 4.78. The Labute approximate surface area is 183 Å². The van der Waals surface area contributed by atoms with Crippen LogP contribution in [0.1, 0.15) is 42.1 Å². The zero-order chi connectivity index (χ0) is 24.3. The summed E-state index contributed by atoms with van der Waals surface area (Å²) in [7, 11) is 1.86. The summed E-state index contributed by atoms with van der Waals surface area (Å²) >= 11 is 0. The lowest BCUT2D eigenvalue weighted by Crippen LogP contribution is -2.21. The lowest BCUT2D eigenvalue weighted by Gasteiger charge is -2.22. The number of benzene rings is 2. The Morgan fingerprint density at radius 1 is 1.03 bits per heavy atom. The minimum atomic E-state index is -5.08. The lowest BCUT2D eigenvalue weighted by atomic mass is 10.1. The summed E-state index contributed by atoms with van der Waals surface area (Å²) in [6, 6.07) is 14.9. The van der Waals surface area contributed by atoms with Crippen molar-refractivity contribution in [3.05, 3.63) is 59.7 Å². The SMILES string of the molecule is CCCCC(=O)Nc1ccc(N(C)Cc2ccccc2)c(C(=O)O)c1.O=C(O)C(F)(F)F. The number of nitrogens with one attached hydrogen (secondary N) is 1. The molecule has 0 spiro atoms. The molecule has 2 rings (SSSR count). The fourth-order valence-corrected chi connectivity index (χ4v) is 2.62. The number of amides is 1. The zero-order valence-corrected chi connectivity index (χ0v) is 17.6. The highest BCUT2D eigenvalue weighted by Crippen LogP contribution is 2.25. The van der Waals surface area contributed by atoms with Gasteiger partial charge in [-0.15, -0.1) is 0 Å². The quantitative estimate of drug-likeness (QED) is 0.530. The van der Waals surface area contributed by atoms with Crippen molar-refractivity contribution in [2.75, 3.05) is 17.3 Å². The molecule has 7 nitrogen and oxygen atoms in total. The number of aromatic carboxylic acids is 1. The van der Waals surface area contributed by atoms with Crippen LogP contribution in [0.3, 0.4) is 0 Å². The van der Waals surface area contributed by atoms with Crippen LogP contribution in [-0.4, -0.2) is 41.3 Å². The Balaban J connectivity index is 0.000000633. The maximum absolute atomic E-state index is 11.8. The second-order valence-corrected chi connectivity index (χ2v) is 6.83. The van der Waals surface area contributed by atoms with Gasteiger partial charge in [0.05, 0.1) is 11.3 Å². The maximum atomic E-state index is 11.8. The van der Waals surface area contributed by atoms with Gasteiger partial charge in [0.15, 0.2) is 0 Å². The van der Waals surface area contributed by atoms with Crippen molar-refractivity contribution in [1.82, 2.24) is 0 Å². The second kappa shape index (κ2) is 12.3. The van der Waals surface area contributed by atoms with Crippen molar-refractivity contribution in [3.63, 3.8) is 0 Å². The number of carbonyl (C=O) groups is 3. The van der Waals surface area contributed by atoms with Crippen LogP contribution in [0, 0.1) is 0 Å². The molecule has 0 heterocycles. The number of carboxylic acid groups (broad SMARTS) is 2. The first-order chi connectivity index (χ1) is 15.0. The largest absolute Gasteiger partial charge is 0.490 e. The number of nitrogens with zero attached hydrogens (tertiary/aromatic N) is 1. The van der Waals surface area contributed by atoms with Crippen LogP contribution in [0.15, 0.2) is 48.5 Å². The van der Waals surface area contributed by atoms with Crippen LogP contribution < -0.4 is 10.2 Å². The van der Waals surface area contributed by atoms with Gasteiger partial charge >= 0.3 is 18.1 Å². The summed E-state index contributed by atoms with van der Waals surface area (Å²) in [6.07, 6.45) is -2.89. The Hall–Kier alpha value is -3.56. The predicted molar refractivity (Wildman–Crippen MR) is 114 cm³/mol. The molecule has 2 aromatic carbocycles. The molecule has 2 aromatic rings. The van der Waals surface area contributed by atoms with E-state index in [9.17, 15) is 27.9 Å². The molecule has 32 heavy (non-hydrogen) atoms. The van der Waals surface area contributed by atoms with Crippen molar-refractivity contribution < 1.29 is 37.8 Å². The van der Waals surface area contributed by atoms with Crippen molar-refractivity contribution in [3.8, 4) is 0 Å².